The third-order valence-electron chi connectivity index (χ3n) is 3.90. The minimum absolute atomic E-state index is 0.0527. The largest absolute Gasteiger partial charge is 0.368 e. The van der Waals surface area contributed by atoms with E-state index in [1.165, 1.54) is 0 Å². The van der Waals surface area contributed by atoms with Crippen molar-refractivity contribution in [2.24, 2.45) is 0 Å². The summed E-state index contributed by atoms with van der Waals surface area (Å²) >= 11 is 0. The molecule has 3 rings (SSSR count). The van der Waals surface area contributed by atoms with Gasteiger partial charge in [0.05, 0.1) is 0 Å². The average molecular weight is 276 g/mol. The highest BCUT2D eigenvalue weighted by Crippen LogP contribution is 2.17. The number of nitrogens with zero attached hydrogens (tertiary/aromatic N) is 3. The third-order valence-corrected chi connectivity index (χ3v) is 3.90. The second kappa shape index (κ2) is 6.17. The summed E-state index contributed by atoms with van der Waals surface area (Å²) < 4.78 is 5.40. The zero-order valence-electron chi connectivity index (χ0n) is 11.5. The van der Waals surface area contributed by atoms with Gasteiger partial charge in [0.25, 0.3) is 0 Å². The Balaban J connectivity index is 1.47. The SMILES string of the molecule is O=C(NC1CCN(c2ncccn2)CC1)C1CCCO1. The second-order valence-corrected chi connectivity index (χ2v) is 5.32. The topological polar surface area (TPSA) is 67.4 Å². The predicted octanol–water partition coefficient (Wildman–Crippen LogP) is 0.741. The standard InChI is InChI=1S/C14H20N4O2/c19-13(12-3-1-10-20-12)17-11-4-8-18(9-5-11)14-15-6-2-7-16-14/h2,6-7,11-12H,1,3-5,8-10H2,(H,17,19). The number of carbonyl (C=O) groups excluding carboxylic acids is 1. The first kappa shape index (κ1) is 13.3. The second-order valence-electron chi connectivity index (χ2n) is 5.32. The van der Waals surface area contributed by atoms with Crippen molar-refractivity contribution in [3.8, 4) is 0 Å². The summed E-state index contributed by atoms with van der Waals surface area (Å²) in [5, 5.41) is 3.10. The number of rotatable bonds is 3. The fraction of sp³-hybridized carbons (Fsp3) is 0.643. The Labute approximate surface area is 118 Å². The molecule has 1 unspecified atom stereocenters. The number of aromatic nitrogens is 2. The van der Waals surface area contributed by atoms with Gasteiger partial charge in [-0.2, -0.15) is 0 Å². The Morgan fingerprint density at radius 3 is 2.65 bits per heavy atom. The third kappa shape index (κ3) is 3.07. The van der Waals surface area contributed by atoms with Crippen molar-refractivity contribution in [1.29, 1.82) is 0 Å². The molecule has 1 amide bonds. The summed E-state index contributed by atoms with van der Waals surface area (Å²) in [6.07, 6.45) is 6.98. The molecule has 20 heavy (non-hydrogen) atoms. The number of hydrogen-bond donors (Lipinski definition) is 1. The molecule has 2 fully saturated rings. The van der Waals surface area contributed by atoms with Crippen LogP contribution in [0.5, 0.6) is 0 Å². The molecule has 0 aromatic carbocycles. The van der Waals surface area contributed by atoms with Crippen LogP contribution in [0.25, 0.3) is 0 Å². The summed E-state index contributed by atoms with van der Waals surface area (Å²) in [7, 11) is 0. The van der Waals surface area contributed by atoms with Gasteiger partial charge in [-0.05, 0) is 31.7 Å². The van der Waals surface area contributed by atoms with E-state index in [1.807, 2.05) is 6.07 Å². The minimum atomic E-state index is -0.231. The van der Waals surface area contributed by atoms with E-state index in [0.717, 1.165) is 44.7 Å². The molecule has 0 radical (unpaired) electrons. The predicted molar refractivity (Wildman–Crippen MR) is 74.4 cm³/mol. The van der Waals surface area contributed by atoms with E-state index in [9.17, 15) is 4.79 Å². The number of nitrogens with one attached hydrogen (secondary N) is 1. The summed E-state index contributed by atoms with van der Waals surface area (Å²) in [4.78, 5) is 22.7. The number of ether oxygens (including phenoxy) is 1. The van der Waals surface area contributed by atoms with Gasteiger partial charge in [0, 0.05) is 38.1 Å². The van der Waals surface area contributed by atoms with Crippen LogP contribution >= 0.6 is 0 Å². The van der Waals surface area contributed by atoms with Gasteiger partial charge in [0.1, 0.15) is 6.10 Å². The van der Waals surface area contributed by atoms with E-state index in [-0.39, 0.29) is 18.1 Å². The van der Waals surface area contributed by atoms with E-state index in [1.54, 1.807) is 12.4 Å². The minimum Gasteiger partial charge on any atom is -0.368 e. The molecule has 3 heterocycles. The van der Waals surface area contributed by atoms with Gasteiger partial charge in [-0.3, -0.25) is 4.79 Å². The smallest absolute Gasteiger partial charge is 0.249 e. The van der Waals surface area contributed by atoms with Crippen molar-refractivity contribution >= 4 is 11.9 Å². The lowest BCUT2D eigenvalue weighted by molar-refractivity contribution is -0.130. The van der Waals surface area contributed by atoms with Crippen molar-refractivity contribution in [3.63, 3.8) is 0 Å². The van der Waals surface area contributed by atoms with Crippen LogP contribution in [-0.4, -0.2) is 47.7 Å². The summed E-state index contributed by atoms with van der Waals surface area (Å²) in [6, 6.07) is 2.06. The van der Waals surface area contributed by atoms with Gasteiger partial charge in [-0.1, -0.05) is 0 Å². The first-order chi connectivity index (χ1) is 9.83. The van der Waals surface area contributed by atoms with Crippen molar-refractivity contribution in [1.82, 2.24) is 15.3 Å². The van der Waals surface area contributed by atoms with Gasteiger partial charge in [-0.15, -0.1) is 0 Å². The summed E-state index contributed by atoms with van der Waals surface area (Å²) in [5.74, 6) is 0.827. The highest BCUT2D eigenvalue weighted by atomic mass is 16.5. The van der Waals surface area contributed by atoms with Crippen molar-refractivity contribution in [2.75, 3.05) is 24.6 Å². The molecule has 2 aliphatic rings. The van der Waals surface area contributed by atoms with E-state index < -0.39 is 0 Å². The molecule has 0 aliphatic carbocycles. The Bertz CT molecular complexity index is 440. The fourth-order valence-electron chi connectivity index (χ4n) is 2.76. The van der Waals surface area contributed by atoms with Gasteiger partial charge in [0.2, 0.25) is 11.9 Å². The lowest BCUT2D eigenvalue weighted by Crippen LogP contribution is -2.47. The summed E-state index contributed by atoms with van der Waals surface area (Å²) in [5.41, 5.74) is 0. The number of piperidine rings is 1. The fourth-order valence-corrected chi connectivity index (χ4v) is 2.76. The Morgan fingerprint density at radius 1 is 1.25 bits per heavy atom. The molecule has 0 saturated carbocycles. The molecule has 6 heteroatoms. The van der Waals surface area contributed by atoms with Crippen LogP contribution in [0, 0.1) is 0 Å². The van der Waals surface area contributed by atoms with E-state index in [2.05, 4.69) is 20.2 Å². The lowest BCUT2D eigenvalue weighted by Gasteiger charge is -2.32. The van der Waals surface area contributed by atoms with Crippen LogP contribution in [-0.2, 0) is 9.53 Å². The van der Waals surface area contributed by atoms with E-state index in [4.69, 9.17) is 4.74 Å². The summed E-state index contributed by atoms with van der Waals surface area (Å²) in [6.45, 7) is 2.46. The molecule has 6 nitrogen and oxygen atoms in total. The van der Waals surface area contributed by atoms with Crippen LogP contribution in [0.2, 0.25) is 0 Å². The zero-order chi connectivity index (χ0) is 13.8. The van der Waals surface area contributed by atoms with Crippen molar-refractivity contribution < 1.29 is 9.53 Å². The van der Waals surface area contributed by atoms with Gasteiger partial charge in [0.15, 0.2) is 0 Å². The molecular formula is C14H20N4O2. The molecule has 1 aromatic heterocycles. The molecule has 0 bridgehead atoms. The monoisotopic (exact) mass is 276 g/mol. The molecular weight excluding hydrogens is 256 g/mol. The van der Waals surface area contributed by atoms with Crippen LogP contribution in [0.15, 0.2) is 18.5 Å². The number of hydrogen-bond acceptors (Lipinski definition) is 5. The average Bonchev–Trinajstić information content (AvgIpc) is 3.03. The number of anilines is 1. The van der Waals surface area contributed by atoms with E-state index in [0.29, 0.717) is 6.61 Å². The maximum atomic E-state index is 12.0. The molecule has 1 atom stereocenters. The lowest BCUT2D eigenvalue weighted by atomic mass is 10.0. The van der Waals surface area contributed by atoms with Crippen LogP contribution in [0.4, 0.5) is 5.95 Å². The number of carbonyl (C=O) groups is 1. The Hall–Kier alpha value is -1.69. The van der Waals surface area contributed by atoms with Crippen molar-refractivity contribution in [2.45, 2.75) is 37.8 Å². The Kier molecular flexibility index (Phi) is 4.11. The molecule has 1 N–H and O–H groups in total. The first-order valence-electron chi connectivity index (χ1n) is 7.27. The van der Waals surface area contributed by atoms with Gasteiger partial charge < -0.3 is 15.0 Å². The molecule has 2 aliphatic heterocycles. The molecule has 108 valence electrons. The highest BCUT2D eigenvalue weighted by molar-refractivity contribution is 5.81. The van der Waals surface area contributed by atoms with Gasteiger partial charge in [-0.25, -0.2) is 9.97 Å². The van der Waals surface area contributed by atoms with Crippen LogP contribution in [0.1, 0.15) is 25.7 Å². The van der Waals surface area contributed by atoms with Crippen LogP contribution in [0.3, 0.4) is 0 Å². The van der Waals surface area contributed by atoms with Crippen LogP contribution < -0.4 is 10.2 Å². The maximum absolute atomic E-state index is 12.0. The Morgan fingerprint density at radius 2 is 2.00 bits per heavy atom. The van der Waals surface area contributed by atoms with Crippen molar-refractivity contribution in [3.05, 3.63) is 18.5 Å². The zero-order valence-corrected chi connectivity index (χ0v) is 11.5. The quantitative estimate of drug-likeness (QED) is 0.882. The molecule has 2 saturated heterocycles. The molecule has 0 spiro atoms. The van der Waals surface area contributed by atoms with Gasteiger partial charge >= 0.3 is 0 Å². The van der Waals surface area contributed by atoms with E-state index >= 15 is 0 Å². The maximum Gasteiger partial charge on any atom is 0.249 e. The number of amides is 1. The normalized spacial score (nSPS) is 23.8. The molecule has 1 aromatic rings. The first-order valence-corrected chi connectivity index (χ1v) is 7.27. The highest BCUT2D eigenvalue weighted by Gasteiger charge is 2.27.